The van der Waals surface area contributed by atoms with Gasteiger partial charge in [0.2, 0.25) is 0 Å². The van der Waals surface area contributed by atoms with Crippen LogP contribution in [-0.4, -0.2) is 18.7 Å². The molecule has 0 saturated heterocycles. The number of hydrogen-bond acceptors (Lipinski definition) is 2. The molecule has 0 radical (unpaired) electrons. The van der Waals surface area contributed by atoms with Crippen molar-refractivity contribution in [2.75, 3.05) is 0 Å². The Labute approximate surface area is 579 Å². The maximum Gasteiger partial charge on any atom is 0.268 e. The molecule has 17 aromatic rings. The van der Waals surface area contributed by atoms with Crippen LogP contribution in [0.3, 0.4) is 0 Å². The quantitative estimate of drug-likeness (QED) is 0.127. The van der Waals surface area contributed by atoms with Gasteiger partial charge in [0.15, 0.2) is 0 Å². The second kappa shape index (κ2) is 23.0. The summed E-state index contributed by atoms with van der Waals surface area (Å²) in [5, 5.41) is 4.16. The fourth-order valence-electron chi connectivity index (χ4n) is 13.8. The van der Waals surface area contributed by atoms with Crippen LogP contribution in [0.2, 0.25) is 0 Å². The maximum atomic E-state index is 9.39. The van der Waals surface area contributed by atoms with Crippen molar-refractivity contribution in [1.29, 1.82) is 0 Å². The van der Waals surface area contributed by atoms with Gasteiger partial charge in [0.1, 0.15) is 5.82 Å². The molecule has 0 saturated carbocycles. The van der Waals surface area contributed by atoms with Crippen LogP contribution in [-0.2, 0) is 26.5 Å². The molecule has 13 aromatic carbocycles. The summed E-state index contributed by atoms with van der Waals surface area (Å²) in [5.41, 5.74) is 16.9. The molecule has 95 heavy (non-hydrogen) atoms. The van der Waals surface area contributed by atoms with Gasteiger partial charge in [-0.2, -0.15) is 12.1 Å². The van der Waals surface area contributed by atoms with Gasteiger partial charge in [-0.05, 0) is 138 Å². The Bertz CT molecular complexity index is 6400. The second-order valence-corrected chi connectivity index (χ2v) is 24.8. The van der Waals surface area contributed by atoms with Gasteiger partial charge in [0.05, 0.1) is 41.5 Å². The second-order valence-electron chi connectivity index (χ2n) is 24.8. The zero-order chi connectivity index (χ0) is 71.3. The Morgan fingerprint density at radius 3 is 1.69 bits per heavy atom. The molecule has 0 fully saturated rings. The summed E-state index contributed by atoms with van der Waals surface area (Å²) < 4.78 is 106. The summed E-state index contributed by atoms with van der Waals surface area (Å²) in [5.74, 6) is 1.40. The van der Waals surface area contributed by atoms with E-state index in [9.17, 15) is 5.48 Å². The summed E-state index contributed by atoms with van der Waals surface area (Å²) in [7, 11) is 0. The van der Waals surface area contributed by atoms with Gasteiger partial charge in [0, 0.05) is 66.3 Å². The number of fused-ring (bicyclic) bond motifs is 3. The van der Waals surface area contributed by atoms with E-state index in [0.717, 1.165) is 105 Å². The average Bonchev–Trinajstić information content (AvgIpc) is 1.61. The minimum absolute atomic E-state index is 0. The molecule has 8 heterocycles. The molecule has 21 rings (SSSR count). The molecule has 0 unspecified atom stereocenters. The Kier molecular flexibility index (Phi) is 11.5. The van der Waals surface area contributed by atoms with Crippen LogP contribution in [0.4, 0.5) is 0 Å². The van der Waals surface area contributed by atoms with E-state index in [0.29, 0.717) is 39.6 Å². The average molecular weight is 1410 g/mol. The zero-order valence-electron chi connectivity index (χ0n) is 61.6. The van der Waals surface area contributed by atoms with E-state index in [2.05, 4.69) is 212 Å². The summed E-state index contributed by atoms with van der Waals surface area (Å²) in [6.07, 6.45) is 5.51. The van der Waals surface area contributed by atoms with Crippen LogP contribution in [0, 0.1) is 18.5 Å². The number of pyridine rings is 1. The normalized spacial score (nSPS) is 13.4. The van der Waals surface area contributed by atoms with Gasteiger partial charge in [-0.25, -0.2) is 4.98 Å². The van der Waals surface area contributed by atoms with Gasteiger partial charge in [0.25, 0.3) is 6.33 Å². The van der Waals surface area contributed by atoms with Crippen molar-refractivity contribution in [3.8, 4) is 112 Å². The zero-order valence-corrected chi connectivity index (χ0v) is 53.8. The van der Waals surface area contributed by atoms with Crippen LogP contribution < -0.4 is 9.30 Å². The molecule has 0 spiro atoms. The molecular weight excluding hydrogens is 1340 g/mol. The monoisotopic (exact) mass is 1410 g/mol. The van der Waals surface area contributed by atoms with Crippen LogP contribution in [0.15, 0.2) is 303 Å². The fraction of sp³-hybridized carbons (Fsp3) is 0.0455. The Balaban J connectivity index is 0.00000813. The molecule has 4 aliphatic heterocycles. The van der Waals surface area contributed by atoms with Gasteiger partial charge >= 0.3 is 0 Å². The maximum absolute atomic E-state index is 9.39. The van der Waals surface area contributed by atoms with Gasteiger partial charge < -0.3 is 18.4 Å². The summed E-state index contributed by atoms with van der Waals surface area (Å²) in [4.78, 5) is 5.08. The molecule has 7 heteroatoms. The van der Waals surface area contributed by atoms with Crippen LogP contribution in [0.25, 0.3) is 155 Å². The number of nitrogens with zero attached hydrogens (tertiary/aromatic N) is 5. The summed E-state index contributed by atoms with van der Waals surface area (Å²) in [6, 6.07) is 82.4. The van der Waals surface area contributed by atoms with Crippen molar-refractivity contribution in [2.24, 2.45) is 0 Å². The van der Waals surface area contributed by atoms with Crippen molar-refractivity contribution in [2.45, 2.75) is 26.2 Å². The van der Waals surface area contributed by atoms with Crippen LogP contribution in [0.5, 0.6) is 11.5 Å². The van der Waals surface area contributed by atoms with E-state index in [1.165, 1.54) is 0 Å². The molecule has 13 bridgehead atoms. The number of rotatable bonds is 5. The van der Waals surface area contributed by atoms with E-state index in [1.54, 1.807) is 22.8 Å². The first kappa shape index (κ1) is 47.5. The van der Waals surface area contributed by atoms with Crippen molar-refractivity contribution in [3.05, 3.63) is 327 Å². The minimum Gasteiger partial charge on any atom is -0.510 e. The van der Waals surface area contributed by atoms with Gasteiger partial charge in [-0.3, -0.25) is 4.57 Å². The number of ether oxygens (including phenoxy) is 1. The number of aromatic nitrogens is 5. The Morgan fingerprint density at radius 1 is 0.421 bits per heavy atom. The Hall–Kier alpha value is -11.4. The number of imidazole rings is 1. The van der Waals surface area contributed by atoms with Gasteiger partial charge in [-0.15, -0.1) is 35.2 Å². The van der Waals surface area contributed by atoms with Crippen molar-refractivity contribution in [1.82, 2.24) is 18.7 Å². The molecule has 0 amide bonds. The molecule has 6 nitrogen and oxygen atoms in total. The van der Waals surface area contributed by atoms with E-state index in [1.807, 2.05) is 65.4 Å². The number of benzene rings is 13. The molecule has 4 aliphatic rings. The third kappa shape index (κ3) is 9.74. The third-order valence-corrected chi connectivity index (χ3v) is 18.2. The smallest absolute Gasteiger partial charge is 0.268 e. The van der Waals surface area contributed by atoms with E-state index in [-0.39, 0.29) is 54.4 Å². The molecule has 454 valence electrons. The van der Waals surface area contributed by atoms with Crippen molar-refractivity contribution in [3.63, 3.8) is 0 Å². The third-order valence-electron chi connectivity index (χ3n) is 18.2. The first-order valence-electron chi connectivity index (χ1n) is 36.3. The predicted octanol–water partition coefficient (Wildman–Crippen LogP) is 22.0. The molecular formula is C88H59N5OPt-2. The van der Waals surface area contributed by atoms with Crippen molar-refractivity contribution < 1.29 is 44.1 Å². The van der Waals surface area contributed by atoms with Gasteiger partial charge in [-0.1, -0.05) is 250 Å². The van der Waals surface area contributed by atoms with E-state index in [4.69, 9.17) is 17.9 Å². The van der Waals surface area contributed by atoms with E-state index < -0.39 is 60.4 Å². The van der Waals surface area contributed by atoms with Crippen molar-refractivity contribution >= 4 is 54.6 Å². The fourth-order valence-corrected chi connectivity index (χ4v) is 13.8. The predicted molar refractivity (Wildman–Crippen MR) is 385 cm³/mol. The van der Waals surface area contributed by atoms with Crippen LogP contribution in [0.1, 0.15) is 40.0 Å². The largest absolute Gasteiger partial charge is 0.510 e. The molecule has 0 aliphatic carbocycles. The van der Waals surface area contributed by atoms with E-state index >= 15 is 0 Å². The Morgan fingerprint density at radius 2 is 0.979 bits per heavy atom. The first-order valence-corrected chi connectivity index (χ1v) is 31.3. The standard InChI is InChI=1S/C88H59N5O.Pt/c1-88(2,3)65-47-48-89-85(52-65)93-80-46-41-66-53-78(80)76-45-43-68(55-84(76)93)94-67-42-44-75(83(54-67)90-56-91(82-40-15-14-39-81(82)90)86-70(57-21-6-4-7-22-57)34-19-35-71(86)58-23-8-5-9-24-58)73-32-11-10-31-69(73)63-29-17-27-61(50-63)59-25-16-26-60(49-59)62-28-18-30-64(51-62)72-36-20-37-77-74-33-12-13-38-79(74)92(66)87(72)77;/h4-53H,1-3H3;/q-2;/i4D,5D,6D,7D,8D,9D,21D,22D,23D,24D;. The number of hydrogen-bond donors (Lipinski definition) is 0. The molecule has 0 atom stereocenters. The summed E-state index contributed by atoms with van der Waals surface area (Å²) >= 11 is 0. The summed E-state index contributed by atoms with van der Waals surface area (Å²) in [6.45, 7) is 6.58. The molecule has 0 N–H and O–H groups in total. The topological polar surface area (TPSA) is 40.8 Å². The minimum atomic E-state index is -0.591. The first-order chi connectivity index (χ1) is 50.4. The van der Waals surface area contributed by atoms with Crippen LogP contribution >= 0.6 is 0 Å². The number of para-hydroxylation sites is 5. The molecule has 4 aromatic heterocycles. The SMILES string of the molecule is [2H]c1c([2H])c([2H])c(-c2cccc(-c3c([2H])c([2H])c([2H])c([2H])c3[2H])c2-[n+]2[c-]n(-c3[c-]c4ccc3-c3ccccc3-c3cccc(c3)-c3cccc(c3)-c3cccc(c3)-c3cccc5c6ccccc6n(c35)-c3ccc5c(c3)c3ccc([c-]c3n5-c3cc(C(C)(C)C)ccn3)O4)c3ccccc32)c([2H])c1[2H].[Pt].